The van der Waals surface area contributed by atoms with Gasteiger partial charge in [0.2, 0.25) is 0 Å². The zero-order chi connectivity index (χ0) is 13.3. The van der Waals surface area contributed by atoms with E-state index in [1.165, 1.54) is 0 Å². The van der Waals surface area contributed by atoms with Gasteiger partial charge in [-0.25, -0.2) is 0 Å². The van der Waals surface area contributed by atoms with Gasteiger partial charge in [-0.2, -0.15) is 0 Å². The molecule has 1 fully saturated rings. The minimum Gasteiger partial charge on any atom is -0.341 e. The van der Waals surface area contributed by atoms with Gasteiger partial charge in [0.1, 0.15) is 0 Å². The number of hydrogen-bond donors (Lipinski definition) is 1. The summed E-state index contributed by atoms with van der Waals surface area (Å²) in [6.45, 7) is 2.01. The Labute approximate surface area is 112 Å². The molecule has 0 atom stereocenters. The van der Waals surface area contributed by atoms with Crippen LogP contribution >= 0.6 is 0 Å². The monoisotopic (exact) mass is 252 g/mol. The average Bonchev–Trinajstić information content (AvgIpc) is 3.21. The summed E-state index contributed by atoms with van der Waals surface area (Å²) in [6, 6.07) is 13.5. The maximum absolute atomic E-state index is 12.2. The summed E-state index contributed by atoms with van der Waals surface area (Å²) in [4.78, 5) is 16.6. The summed E-state index contributed by atoms with van der Waals surface area (Å²) in [5.74, 6) is -0.0249. The van der Waals surface area contributed by atoms with E-state index in [0.29, 0.717) is 5.56 Å². The topological polar surface area (TPSA) is 42.0 Å². The maximum atomic E-state index is 12.2. The van der Waals surface area contributed by atoms with Gasteiger partial charge in [-0.3, -0.25) is 9.78 Å². The van der Waals surface area contributed by atoms with Crippen molar-refractivity contribution in [2.24, 2.45) is 0 Å². The second-order valence-electron chi connectivity index (χ2n) is 5.12. The van der Waals surface area contributed by atoms with Crippen molar-refractivity contribution >= 4 is 5.91 Å². The molecule has 1 aliphatic carbocycles. The molecular formula is C16H16N2O. The van der Waals surface area contributed by atoms with Crippen LogP contribution in [0.2, 0.25) is 0 Å². The Kier molecular flexibility index (Phi) is 2.82. The number of aryl methyl sites for hydroxylation is 1. The first-order chi connectivity index (χ1) is 9.20. The number of benzene rings is 1. The minimum atomic E-state index is -0.247. The number of rotatable bonds is 3. The third-order valence-corrected chi connectivity index (χ3v) is 3.57. The average molecular weight is 252 g/mol. The molecule has 1 aromatic carbocycles. The van der Waals surface area contributed by atoms with Crippen molar-refractivity contribution in [2.45, 2.75) is 25.3 Å². The van der Waals surface area contributed by atoms with Crippen molar-refractivity contribution in [3.8, 4) is 0 Å². The minimum absolute atomic E-state index is 0.0249. The van der Waals surface area contributed by atoms with E-state index in [-0.39, 0.29) is 11.4 Å². The Balaban J connectivity index is 1.78. The van der Waals surface area contributed by atoms with Gasteiger partial charge in [-0.1, -0.05) is 23.8 Å². The van der Waals surface area contributed by atoms with Crippen molar-refractivity contribution in [2.75, 3.05) is 0 Å². The number of pyridine rings is 1. The highest BCUT2D eigenvalue weighted by atomic mass is 16.1. The van der Waals surface area contributed by atoms with Crippen LogP contribution in [0.5, 0.6) is 0 Å². The highest BCUT2D eigenvalue weighted by molar-refractivity contribution is 5.95. The third kappa shape index (κ3) is 2.36. The molecular weight excluding hydrogens is 236 g/mol. The molecule has 1 aromatic heterocycles. The molecule has 1 amide bonds. The largest absolute Gasteiger partial charge is 0.341 e. The Morgan fingerprint density at radius 3 is 2.47 bits per heavy atom. The smallest absolute Gasteiger partial charge is 0.252 e. The summed E-state index contributed by atoms with van der Waals surface area (Å²) in [5.41, 5.74) is 2.56. The van der Waals surface area contributed by atoms with E-state index in [9.17, 15) is 4.79 Å². The van der Waals surface area contributed by atoms with Gasteiger partial charge in [0, 0.05) is 11.8 Å². The second-order valence-corrected chi connectivity index (χ2v) is 5.12. The molecule has 0 unspecified atom stereocenters. The lowest BCUT2D eigenvalue weighted by Gasteiger charge is -2.16. The first-order valence-electron chi connectivity index (χ1n) is 6.50. The number of aromatic nitrogens is 1. The molecule has 3 heteroatoms. The summed E-state index contributed by atoms with van der Waals surface area (Å²) >= 11 is 0. The van der Waals surface area contributed by atoms with Gasteiger partial charge in [-0.05, 0) is 44.0 Å². The van der Waals surface area contributed by atoms with Crippen LogP contribution in [0, 0.1) is 6.92 Å². The SMILES string of the molecule is Cc1ccc(C(=O)NC2(c3ccccn3)CC2)cc1. The summed E-state index contributed by atoms with van der Waals surface area (Å²) in [5, 5.41) is 3.12. The molecule has 1 aliphatic rings. The molecule has 0 bridgehead atoms. The predicted octanol–water partition coefficient (Wildman–Crippen LogP) is 2.81. The van der Waals surface area contributed by atoms with Crippen molar-refractivity contribution in [1.82, 2.24) is 10.3 Å². The number of carbonyl (C=O) groups excluding carboxylic acids is 1. The van der Waals surface area contributed by atoms with E-state index in [1.807, 2.05) is 49.4 Å². The van der Waals surface area contributed by atoms with Crippen LogP contribution in [0.15, 0.2) is 48.7 Å². The van der Waals surface area contributed by atoms with Gasteiger partial charge < -0.3 is 5.32 Å². The van der Waals surface area contributed by atoms with E-state index in [0.717, 1.165) is 24.1 Å². The molecule has 0 radical (unpaired) electrons. The van der Waals surface area contributed by atoms with Gasteiger partial charge in [0.05, 0.1) is 11.2 Å². The Morgan fingerprint density at radius 2 is 1.89 bits per heavy atom. The molecule has 2 aromatic rings. The fraction of sp³-hybridized carbons (Fsp3) is 0.250. The van der Waals surface area contributed by atoms with Gasteiger partial charge in [0.15, 0.2) is 0 Å². The lowest BCUT2D eigenvalue weighted by atomic mass is 10.1. The number of carbonyl (C=O) groups is 1. The highest BCUT2D eigenvalue weighted by Crippen LogP contribution is 2.44. The van der Waals surface area contributed by atoms with Gasteiger partial charge >= 0.3 is 0 Å². The van der Waals surface area contributed by atoms with E-state index < -0.39 is 0 Å². The Morgan fingerprint density at radius 1 is 1.16 bits per heavy atom. The molecule has 1 N–H and O–H groups in total. The number of hydrogen-bond acceptors (Lipinski definition) is 2. The van der Waals surface area contributed by atoms with Crippen molar-refractivity contribution in [3.05, 3.63) is 65.5 Å². The van der Waals surface area contributed by atoms with E-state index >= 15 is 0 Å². The van der Waals surface area contributed by atoms with E-state index in [4.69, 9.17) is 0 Å². The van der Waals surface area contributed by atoms with Crippen LogP contribution < -0.4 is 5.32 Å². The lowest BCUT2D eigenvalue weighted by molar-refractivity contribution is 0.0930. The zero-order valence-corrected chi connectivity index (χ0v) is 10.9. The van der Waals surface area contributed by atoms with E-state index in [2.05, 4.69) is 10.3 Å². The van der Waals surface area contributed by atoms with Crippen LogP contribution in [0.1, 0.15) is 34.5 Å². The first kappa shape index (κ1) is 11.9. The zero-order valence-electron chi connectivity index (χ0n) is 10.9. The van der Waals surface area contributed by atoms with Crippen LogP contribution in [0.3, 0.4) is 0 Å². The molecule has 0 spiro atoms. The number of nitrogens with one attached hydrogen (secondary N) is 1. The molecule has 1 saturated carbocycles. The first-order valence-corrected chi connectivity index (χ1v) is 6.50. The maximum Gasteiger partial charge on any atom is 0.252 e. The van der Waals surface area contributed by atoms with Crippen molar-refractivity contribution < 1.29 is 4.79 Å². The molecule has 1 heterocycles. The molecule has 0 aliphatic heterocycles. The Hall–Kier alpha value is -2.16. The molecule has 0 saturated heterocycles. The van der Waals surface area contributed by atoms with Gasteiger partial charge in [-0.15, -0.1) is 0 Å². The fourth-order valence-electron chi connectivity index (χ4n) is 2.21. The molecule has 3 nitrogen and oxygen atoms in total. The van der Waals surface area contributed by atoms with Crippen LogP contribution in [-0.2, 0) is 5.54 Å². The van der Waals surface area contributed by atoms with E-state index in [1.54, 1.807) is 6.20 Å². The summed E-state index contributed by atoms with van der Waals surface area (Å²) in [7, 11) is 0. The van der Waals surface area contributed by atoms with Crippen LogP contribution in [0.4, 0.5) is 0 Å². The van der Waals surface area contributed by atoms with Crippen LogP contribution in [-0.4, -0.2) is 10.9 Å². The quantitative estimate of drug-likeness (QED) is 0.912. The fourth-order valence-corrected chi connectivity index (χ4v) is 2.21. The number of nitrogens with zero attached hydrogens (tertiary/aromatic N) is 1. The van der Waals surface area contributed by atoms with Crippen LogP contribution in [0.25, 0.3) is 0 Å². The lowest BCUT2D eigenvalue weighted by Crippen LogP contribution is -2.35. The van der Waals surface area contributed by atoms with Crippen molar-refractivity contribution in [3.63, 3.8) is 0 Å². The van der Waals surface area contributed by atoms with Gasteiger partial charge in [0.25, 0.3) is 5.91 Å². The normalized spacial score (nSPS) is 15.8. The molecule has 96 valence electrons. The van der Waals surface area contributed by atoms with Crippen molar-refractivity contribution in [1.29, 1.82) is 0 Å². The number of amides is 1. The Bertz CT molecular complexity index is 586. The second kappa shape index (κ2) is 4.50. The third-order valence-electron chi connectivity index (χ3n) is 3.57. The molecule has 19 heavy (non-hydrogen) atoms. The predicted molar refractivity (Wildman–Crippen MR) is 73.8 cm³/mol. The highest BCUT2D eigenvalue weighted by Gasteiger charge is 2.46. The standard InChI is InChI=1S/C16H16N2O/c1-12-5-7-13(8-6-12)15(19)18-16(9-10-16)14-4-2-3-11-17-14/h2-8,11H,9-10H2,1H3,(H,18,19). The molecule has 3 rings (SSSR count). The summed E-state index contributed by atoms with van der Waals surface area (Å²) < 4.78 is 0. The summed E-state index contributed by atoms with van der Waals surface area (Å²) in [6.07, 6.45) is 3.69.